The summed E-state index contributed by atoms with van der Waals surface area (Å²) in [5.41, 5.74) is 10.4. The molecule has 3 heterocycles. The van der Waals surface area contributed by atoms with E-state index in [4.69, 9.17) is 5.73 Å². The Bertz CT molecular complexity index is 2590. The van der Waals surface area contributed by atoms with E-state index < -0.39 is 78.5 Å². The van der Waals surface area contributed by atoms with E-state index in [1.165, 1.54) is 0 Å². The average Bonchev–Trinajstić information content (AvgIpc) is 4.12. The number of amides is 10. The average molecular weight is 1050 g/mol. The number of thioether (sulfide) groups is 1. The molecule has 0 spiro atoms. The number of hydrogen-bond donors (Lipinski definition) is 12. The molecule has 2 saturated heterocycles. The molecular formula is C53H69N11O10S. The number of urea groups is 1. The van der Waals surface area contributed by atoms with Crippen molar-refractivity contribution in [3.05, 3.63) is 108 Å². The van der Waals surface area contributed by atoms with Crippen molar-refractivity contribution in [3.63, 3.8) is 0 Å². The molecule has 3 aromatic carbocycles. The largest absolute Gasteiger partial charge is 0.368 e. The summed E-state index contributed by atoms with van der Waals surface area (Å²) in [6.07, 6.45) is 6.85. The first-order chi connectivity index (χ1) is 36.3. The lowest BCUT2D eigenvalue weighted by Crippen LogP contribution is -2.56. The maximum atomic E-state index is 14.4. The molecule has 4 aromatic rings. The molecule has 10 amide bonds. The quantitative estimate of drug-likeness (QED) is 0.0149. The van der Waals surface area contributed by atoms with Crippen LogP contribution in [0.5, 0.6) is 0 Å². The molecule has 1 unspecified atom stereocenters. The van der Waals surface area contributed by atoms with Crippen LogP contribution in [-0.2, 0) is 57.6 Å². The summed E-state index contributed by atoms with van der Waals surface area (Å²) in [6.45, 7) is -0.738. The zero-order valence-corrected chi connectivity index (χ0v) is 42.6. The summed E-state index contributed by atoms with van der Waals surface area (Å²) in [5, 5.41) is 32.4. The van der Waals surface area contributed by atoms with Crippen molar-refractivity contribution in [1.29, 1.82) is 0 Å². The molecule has 21 nitrogen and oxygen atoms in total. The minimum atomic E-state index is -1.25. The molecule has 1 aromatic heterocycles. The fourth-order valence-electron chi connectivity index (χ4n) is 9.27. The Morgan fingerprint density at radius 3 is 2.09 bits per heavy atom. The number of primary amides is 1. The number of hydrogen-bond acceptors (Lipinski definition) is 11. The molecular weight excluding hydrogens is 983 g/mol. The highest BCUT2D eigenvalue weighted by Gasteiger charge is 2.42. The first kappa shape index (κ1) is 56.8. The van der Waals surface area contributed by atoms with Crippen molar-refractivity contribution in [1.82, 2.24) is 53.0 Å². The van der Waals surface area contributed by atoms with Gasteiger partial charge in [0.05, 0.1) is 25.2 Å². The summed E-state index contributed by atoms with van der Waals surface area (Å²) in [5.74, 6) is -5.14. The summed E-state index contributed by atoms with van der Waals surface area (Å²) < 4.78 is 0. The third kappa shape index (κ3) is 18.5. The third-order valence-corrected chi connectivity index (χ3v) is 14.8. The third-order valence-electron chi connectivity index (χ3n) is 13.3. The molecule has 75 heavy (non-hydrogen) atoms. The molecule has 2 fully saturated rings. The molecule has 7 atom stereocenters. The monoisotopic (exact) mass is 1050 g/mol. The van der Waals surface area contributed by atoms with Crippen molar-refractivity contribution in [2.45, 2.75) is 119 Å². The van der Waals surface area contributed by atoms with Crippen LogP contribution in [0.3, 0.4) is 0 Å². The van der Waals surface area contributed by atoms with Gasteiger partial charge in [-0.1, -0.05) is 85.3 Å². The van der Waals surface area contributed by atoms with Crippen molar-refractivity contribution in [3.8, 4) is 0 Å². The Morgan fingerprint density at radius 1 is 0.653 bits per heavy atom. The van der Waals surface area contributed by atoms with Gasteiger partial charge in [0.1, 0.15) is 18.1 Å². The van der Waals surface area contributed by atoms with Crippen LogP contribution in [-0.4, -0.2) is 124 Å². The summed E-state index contributed by atoms with van der Waals surface area (Å²) in [4.78, 5) is 120. The van der Waals surface area contributed by atoms with Gasteiger partial charge in [-0.3, -0.25) is 43.6 Å². The van der Waals surface area contributed by atoms with E-state index >= 15 is 0 Å². The van der Waals surface area contributed by atoms with Crippen LogP contribution in [0.2, 0.25) is 0 Å². The van der Waals surface area contributed by atoms with Gasteiger partial charge in [0.25, 0.3) is 0 Å². The Kier molecular flexibility index (Phi) is 22.3. The van der Waals surface area contributed by atoms with Gasteiger partial charge in [-0.25, -0.2) is 10.3 Å². The molecule has 0 radical (unpaired) electrons. The highest BCUT2D eigenvalue weighted by Crippen LogP contribution is 2.33. The molecule has 6 rings (SSSR count). The molecule has 0 saturated carbocycles. The number of unbranched alkanes of at least 4 members (excludes halogenated alkanes) is 2. The van der Waals surface area contributed by atoms with Gasteiger partial charge in [-0.15, -0.1) is 0 Å². The Morgan fingerprint density at radius 2 is 1.35 bits per heavy atom. The summed E-state index contributed by atoms with van der Waals surface area (Å²) in [7, 11) is 0. The number of aryl methyl sites for hydroxylation is 1. The minimum absolute atomic E-state index is 0.00165. The molecule has 0 aliphatic carbocycles. The molecule has 2 aliphatic heterocycles. The van der Waals surface area contributed by atoms with Crippen molar-refractivity contribution in [2.75, 3.05) is 25.4 Å². The van der Waals surface area contributed by atoms with Gasteiger partial charge in [0.15, 0.2) is 0 Å². The number of carbonyl (C=O) groups is 9. The maximum Gasteiger partial charge on any atom is 0.315 e. The highest BCUT2D eigenvalue weighted by atomic mass is 32.2. The Balaban J connectivity index is 0.977. The van der Waals surface area contributed by atoms with E-state index in [0.717, 1.165) is 41.5 Å². The van der Waals surface area contributed by atoms with Gasteiger partial charge in [-0.2, -0.15) is 11.8 Å². The lowest BCUT2D eigenvalue weighted by atomic mass is 9.94. The lowest BCUT2D eigenvalue weighted by molar-refractivity contribution is -0.137. The zero-order valence-electron chi connectivity index (χ0n) is 41.8. The SMILES string of the molecule is NC(=O)[C@H](CCCCNC(=O)CCCC[C@@H]1SC[C@@H]2NC(=O)N[C@@H]21)NC(=O)CNC(=O)CNC(=O)[C@H](Cc1ccccc1)NC(=O)[C@H](Cc1c[nH]c2ccccc12)NC(=O)C(CCCc1ccccc1)CC(=O)NO. The first-order valence-electron chi connectivity index (χ1n) is 25.5. The standard InChI is InChI=1S/C53H69N11O10S/c54-49(69)39(22-11-12-25-55-44(65)24-10-9-23-43-48-42(32-75-43)62-53(73)63-48)59-47(68)31-57-46(67)30-58-51(71)40(26-34-16-5-2-6-17-34)61-52(72)41(27-36-29-56-38-21-8-7-20-37(36)38)60-50(70)35(28-45(66)64-74)19-13-18-33-14-3-1-4-15-33/h1-8,14-17,20-21,29,35,39-43,48,56,74H,9-13,18-19,22-28,30-32H2,(H2,54,69)(H,55,65)(H,57,67)(H,58,71)(H,59,68)(H,60,70)(H,61,72)(H,64,66)(H2,62,63,73)/t35?,39-,40-,41-,42-,43-,48-/m0/s1. The Labute approximate surface area is 439 Å². The van der Waals surface area contributed by atoms with Crippen LogP contribution in [0.4, 0.5) is 4.79 Å². The van der Waals surface area contributed by atoms with Crippen molar-refractivity contribution >= 4 is 76.0 Å². The fraction of sp³-hybridized carbons (Fsp3) is 0.453. The zero-order chi connectivity index (χ0) is 53.5. The second-order valence-electron chi connectivity index (χ2n) is 18.9. The molecule has 2 aliphatic rings. The fourth-order valence-corrected chi connectivity index (χ4v) is 10.8. The van der Waals surface area contributed by atoms with Crippen LogP contribution < -0.4 is 53.7 Å². The van der Waals surface area contributed by atoms with Crippen LogP contribution in [0.15, 0.2) is 91.1 Å². The molecule has 0 bridgehead atoms. The van der Waals surface area contributed by atoms with Gasteiger partial charge in [0, 0.05) is 66.2 Å². The second-order valence-corrected chi connectivity index (χ2v) is 20.2. The van der Waals surface area contributed by atoms with Crippen molar-refractivity contribution in [2.24, 2.45) is 11.7 Å². The summed E-state index contributed by atoms with van der Waals surface area (Å²) >= 11 is 1.84. The smallest absolute Gasteiger partial charge is 0.315 e. The minimum Gasteiger partial charge on any atom is -0.368 e. The number of benzene rings is 3. The van der Waals surface area contributed by atoms with Gasteiger partial charge in [-0.05, 0) is 74.1 Å². The number of hydroxylamine groups is 1. The topological polar surface area (TPSA) is 324 Å². The molecule has 402 valence electrons. The van der Waals surface area contributed by atoms with Gasteiger partial charge >= 0.3 is 6.03 Å². The number of rotatable bonds is 31. The first-order valence-corrected chi connectivity index (χ1v) is 26.6. The van der Waals surface area contributed by atoms with Gasteiger partial charge in [0.2, 0.25) is 47.3 Å². The van der Waals surface area contributed by atoms with E-state index in [9.17, 15) is 48.4 Å². The van der Waals surface area contributed by atoms with Crippen molar-refractivity contribution < 1.29 is 48.4 Å². The van der Waals surface area contributed by atoms with Crippen LogP contribution in [0, 0.1) is 5.92 Å². The number of fused-ring (bicyclic) bond motifs is 2. The van der Waals surface area contributed by atoms with E-state index in [1.807, 2.05) is 66.4 Å². The number of carbonyl (C=O) groups excluding carboxylic acids is 9. The second kappa shape index (κ2) is 29.4. The highest BCUT2D eigenvalue weighted by molar-refractivity contribution is 8.00. The lowest BCUT2D eigenvalue weighted by Gasteiger charge is -2.25. The van der Waals surface area contributed by atoms with Crippen LogP contribution in [0.25, 0.3) is 10.9 Å². The van der Waals surface area contributed by atoms with E-state index in [2.05, 4.69) is 47.5 Å². The molecule has 13 N–H and O–H groups in total. The number of nitrogens with one attached hydrogen (secondary N) is 10. The maximum absolute atomic E-state index is 14.4. The molecule has 22 heteroatoms. The number of aromatic nitrogens is 1. The predicted molar refractivity (Wildman–Crippen MR) is 281 cm³/mol. The number of H-pyrrole nitrogens is 1. The van der Waals surface area contributed by atoms with E-state index in [0.29, 0.717) is 55.0 Å². The summed E-state index contributed by atoms with van der Waals surface area (Å²) in [6, 6.07) is 22.5. The van der Waals surface area contributed by atoms with Gasteiger partial charge < -0.3 is 53.3 Å². The predicted octanol–water partition coefficient (Wildman–Crippen LogP) is 1.67. The van der Waals surface area contributed by atoms with Crippen LogP contribution >= 0.6 is 11.8 Å². The number of nitrogens with two attached hydrogens (primary N) is 1. The number of para-hydroxylation sites is 1. The van der Waals surface area contributed by atoms with E-state index in [1.54, 1.807) is 42.0 Å². The number of aromatic amines is 1. The normalized spacial score (nSPS) is 17.2. The van der Waals surface area contributed by atoms with E-state index in [-0.39, 0.29) is 56.1 Å². The van der Waals surface area contributed by atoms with Crippen LogP contribution in [0.1, 0.15) is 80.9 Å². The Hall–Kier alpha value is -7.46.